The maximum atomic E-state index is 4.68. The smallest absolute Gasteiger partial charge is 0.131 e. The van der Waals surface area contributed by atoms with Crippen molar-refractivity contribution in [2.75, 3.05) is 11.9 Å². The molecule has 108 valence electrons. The first-order chi connectivity index (χ1) is 9.37. The Kier molecular flexibility index (Phi) is 4.06. The van der Waals surface area contributed by atoms with E-state index in [4.69, 9.17) is 0 Å². The molecule has 2 aromatic heterocycles. The number of nitrogens with one attached hydrogen (secondary N) is 1. The summed E-state index contributed by atoms with van der Waals surface area (Å²) in [5.41, 5.74) is 2.10. The van der Waals surface area contributed by atoms with Crippen molar-refractivity contribution in [3.63, 3.8) is 0 Å². The summed E-state index contributed by atoms with van der Waals surface area (Å²) < 4.78 is 1.79. The number of aryl methyl sites for hydroxylation is 1. The average molecular weight is 273 g/mol. The standard InChI is InChI=1S/C15H23N5/c1-6-16-13-7-12(11-9-17-20(5)10-11)18-14(19-13)8-15(2,3)4/h7,9-10H,6,8H2,1-5H3,(H,16,18,19). The zero-order valence-corrected chi connectivity index (χ0v) is 12.9. The fourth-order valence-electron chi connectivity index (χ4n) is 2.02. The second-order valence-electron chi connectivity index (χ2n) is 6.23. The summed E-state index contributed by atoms with van der Waals surface area (Å²) in [6.45, 7) is 9.49. The zero-order chi connectivity index (χ0) is 14.8. The van der Waals surface area contributed by atoms with E-state index in [0.29, 0.717) is 0 Å². The molecule has 2 heterocycles. The first kappa shape index (κ1) is 14.5. The third kappa shape index (κ3) is 3.79. The topological polar surface area (TPSA) is 55.6 Å². The van der Waals surface area contributed by atoms with Crippen molar-refractivity contribution >= 4 is 5.82 Å². The minimum Gasteiger partial charge on any atom is -0.370 e. The zero-order valence-electron chi connectivity index (χ0n) is 12.9. The van der Waals surface area contributed by atoms with Crippen LogP contribution in [0.25, 0.3) is 11.3 Å². The molecule has 5 heteroatoms. The molecule has 0 atom stereocenters. The first-order valence-electron chi connectivity index (χ1n) is 6.98. The molecule has 0 unspecified atom stereocenters. The summed E-state index contributed by atoms with van der Waals surface area (Å²) >= 11 is 0. The highest BCUT2D eigenvalue weighted by molar-refractivity contribution is 5.60. The van der Waals surface area contributed by atoms with Crippen LogP contribution in [0.3, 0.4) is 0 Å². The number of rotatable bonds is 4. The minimum absolute atomic E-state index is 0.164. The van der Waals surface area contributed by atoms with Gasteiger partial charge in [0.25, 0.3) is 0 Å². The van der Waals surface area contributed by atoms with Gasteiger partial charge in [-0.25, -0.2) is 9.97 Å². The van der Waals surface area contributed by atoms with Gasteiger partial charge in [-0.1, -0.05) is 20.8 Å². The summed E-state index contributed by atoms with van der Waals surface area (Å²) in [7, 11) is 1.91. The van der Waals surface area contributed by atoms with Crippen LogP contribution in [0.15, 0.2) is 18.5 Å². The van der Waals surface area contributed by atoms with Crippen LogP contribution < -0.4 is 5.32 Å². The Morgan fingerprint density at radius 1 is 1.25 bits per heavy atom. The van der Waals surface area contributed by atoms with Gasteiger partial charge in [0.05, 0.1) is 11.9 Å². The Balaban J connectivity index is 2.40. The third-order valence-corrected chi connectivity index (χ3v) is 2.82. The molecule has 1 N–H and O–H groups in total. The third-order valence-electron chi connectivity index (χ3n) is 2.82. The lowest BCUT2D eigenvalue weighted by molar-refractivity contribution is 0.401. The summed E-state index contributed by atoms with van der Waals surface area (Å²) in [4.78, 5) is 9.27. The molecule has 5 nitrogen and oxygen atoms in total. The lowest BCUT2D eigenvalue weighted by Gasteiger charge is -2.17. The number of hydrogen-bond acceptors (Lipinski definition) is 4. The fraction of sp³-hybridized carbons (Fsp3) is 0.533. The first-order valence-corrected chi connectivity index (χ1v) is 6.98. The van der Waals surface area contributed by atoms with E-state index in [-0.39, 0.29) is 5.41 Å². The molecule has 0 aliphatic rings. The van der Waals surface area contributed by atoms with Crippen molar-refractivity contribution in [3.05, 3.63) is 24.3 Å². The van der Waals surface area contributed by atoms with E-state index in [1.807, 2.05) is 25.5 Å². The predicted molar refractivity (Wildman–Crippen MR) is 81.6 cm³/mol. The minimum atomic E-state index is 0.164. The SMILES string of the molecule is CCNc1cc(-c2cnn(C)c2)nc(CC(C)(C)C)n1. The highest BCUT2D eigenvalue weighted by Gasteiger charge is 2.15. The number of hydrogen-bond donors (Lipinski definition) is 1. The molecule has 0 saturated carbocycles. The summed E-state index contributed by atoms with van der Waals surface area (Å²) in [6.07, 6.45) is 4.65. The van der Waals surface area contributed by atoms with Gasteiger partial charge in [-0.05, 0) is 12.3 Å². The molecular weight excluding hydrogens is 250 g/mol. The lowest BCUT2D eigenvalue weighted by atomic mass is 9.92. The van der Waals surface area contributed by atoms with Crippen LogP contribution in [0.1, 0.15) is 33.5 Å². The summed E-state index contributed by atoms with van der Waals surface area (Å²) in [6, 6.07) is 1.98. The predicted octanol–water partition coefficient (Wildman–Crippen LogP) is 2.90. The monoisotopic (exact) mass is 273 g/mol. The number of nitrogens with zero attached hydrogens (tertiary/aromatic N) is 4. The van der Waals surface area contributed by atoms with Crippen LogP contribution in [0.2, 0.25) is 0 Å². The van der Waals surface area contributed by atoms with Crippen LogP contribution in [-0.2, 0) is 13.5 Å². The molecule has 2 rings (SSSR count). The van der Waals surface area contributed by atoms with E-state index in [9.17, 15) is 0 Å². The van der Waals surface area contributed by atoms with Gasteiger partial charge < -0.3 is 5.32 Å². The highest BCUT2D eigenvalue weighted by Crippen LogP contribution is 2.23. The van der Waals surface area contributed by atoms with E-state index >= 15 is 0 Å². The summed E-state index contributed by atoms with van der Waals surface area (Å²) in [5.74, 6) is 1.75. The van der Waals surface area contributed by atoms with Gasteiger partial charge in [-0.2, -0.15) is 5.10 Å². The Hall–Kier alpha value is -1.91. The Bertz CT molecular complexity index is 580. The Labute approximate surface area is 120 Å². The molecule has 0 amide bonds. The largest absolute Gasteiger partial charge is 0.370 e. The normalized spacial score (nSPS) is 11.7. The second kappa shape index (κ2) is 5.61. The molecule has 0 aliphatic heterocycles. The second-order valence-corrected chi connectivity index (χ2v) is 6.23. The van der Waals surface area contributed by atoms with Crippen LogP contribution in [0.5, 0.6) is 0 Å². The van der Waals surface area contributed by atoms with Crippen molar-refractivity contribution in [1.29, 1.82) is 0 Å². The maximum absolute atomic E-state index is 4.68. The van der Waals surface area contributed by atoms with Gasteiger partial charge in [0.1, 0.15) is 11.6 Å². The quantitative estimate of drug-likeness (QED) is 0.930. The van der Waals surface area contributed by atoms with Gasteiger partial charge in [-0.15, -0.1) is 0 Å². The van der Waals surface area contributed by atoms with Gasteiger partial charge >= 0.3 is 0 Å². The van der Waals surface area contributed by atoms with Gasteiger partial charge in [0, 0.05) is 37.8 Å². The van der Waals surface area contributed by atoms with Crippen molar-refractivity contribution in [3.8, 4) is 11.3 Å². The molecule has 0 spiro atoms. The molecule has 0 fully saturated rings. The molecular formula is C15H23N5. The van der Waals surface area contributed by atoms with Gasteiger partial charge in [-0.3, -0.25) is 4.68 Å². The van der Waals surface area contributed by atoms with E-state index in [1.165, 1.54) is 0 Å². The van der Waals surface area contributed by atoms with E-state index < -0.39 is 0 Å². The highest BCUT2D eigenvalue weighted by atomic mass is 15.2. The van der Waals surface area contributed by atoms with Gasteiger partial charge in [0.2, 0.25) is 0 Å². The molecule has 0 aromatic carbocycles. The van der Waals surface area contributed by atoms with Crippen LogP contribution >= 0.6 is 0 Å². The van der Waals surface area contributed by atoms with Crippen molar-refractivity contribution < 1.29 is 0 Å². The Morgan fingerprint density at radius 2 is 2.00 bits per heavy atom. The number of aromatic nitrogens is 4. The fourth-order valence-corrected chi connectivity index (χ4v) is 2.02. The maximum Gasteiger partial charge on any atom is 0.131 e. The van der Waals surface area contributed by atoms with Crippen molar-refractivity contribution in [1.82, 2.24) is 19.7 Å². The van der Waals surface area contributed by atoms with E-state index in [1.54, 1.807) is 4.68 Å². The van der Waals surface area contributed by atoms with E-state index in [0.717, 1.165) is 35.9 Å². The Morgan fingerprint density at radius 3 is 2.55 bits per heavy atom. The number of anilines is 1. The molecule has 0 aliphatic carbocycles. The van der Waals surface area contributed by atoms with Gasteiger partial charge in [0.15, 0.2) is 0 Å². The van der Waals surface area contributed by atoms with Crippen molar-refractivity contribution in [2.24, 2.45) is 12.5 Å². The van der Waals surface area contributed by atoms with Crippen LogP contribution in [0.4, 0.5) is 5.82 Å². The molecule has 0 radical (unpaired) electrons. The molecule has 0 bridgehead atoms. The lowest BCUT2D eigenvalue weighted by Crippen LogP contribution is -2.13. The van der Waals surface area contributed by atoms with E-state index in [2.05, 4.69) is 48.1 Å². The molecule has 0 saturated heterocycles. The van der Waals surface area contributed by atoms with Crippen LogP contribution in [-0.4, -0.2) is 26.3 Å². The molecule has 2 aromatic rings. The van der Waals surface area contributed by atoms with Crippen molar-refractivity contribution in [2.45, 2.75) is 34.1 Å². The molecule has 20 heavy (non-hydrogen) atoms. The average Bonchev–Trinajstić information content (AvgIpc) is 2.74. The van der Waals surface area contributed by atoms with Crippen LogP contribution in [0, 0.1) is 5.41 Å². The summed E-state index contributed by atoms with van der Waals surface area (Å²) in [5, 5.41) is 7.48.